The van der Waals surface area contributed by atoms with E-state index in [1.54, 1.807) is 0 Å². The molecule has 0 radical (unpaired) electrons. The van der Waals surface area contributed by atoms with Crippen LogP contribution in [0.1, 0.15) is 12.8 Å². The predicted octanol–water partition coefficient (Wildman–Crippen LogP) is 1.65. The minimum absolute atomic E-state index is 0.246. The van der Waals surface area contributed by atoms with E-state index < -0.39 is 26.6 Å². The molecular formula is C10H11F2NO2S. The highest BCUT2D eigenvalue weighted by Crippen LogP contribution is 2.28. The molecule has 0 aliphatic heterocycles. The molecule has 0 spiro atoms. The Morgan fingerprint density at radius 3 is 2.31 bits per heavy atom. The van der Waals surface area contributed by atoms with E-state index in [-0.39, 0.29) is 6.54 Å². The second kappa shape index (κ2) is 4.10. The van der Waals surface area contributed by atoms with Crippen LogP contribution in [-0.4, -0.2) is 15.0 Å². The fourth-order valence-electron chi connectivity index (χ4n) is 1.36. The number of halogens is 2. The summed E-state index contributed by atoms with van der Waals surface area (Å²) in [5.74, 6) is -1.82. The molecule has 2 rings (SSSR count). The molecule has 1 fully saturated rings. The molecule has 1 aromatic carbocycles. The fourth-order valence-corrected chi connectivity index (χ4v) is 2.61. The van der Waals surface area contributed by atoms with Crippen molar-refractivity contribution in [3.63, 3.8) is 0 Å². The Labute approximate surface area is 92.5 Å². The fraction of sp³-hybridized carbons (Fsp3) is 0.400. The smallest absolute Gasteiger partial charge is 0.211 e. The predicted molar refractivity (Wildman–Crippen MR) is 54.3 cm³/mol. The Hall–Kier alpha value is -1.01. The van der Waals surface area contributed by atoms with E-state index in [0.717, 1.165) is 31.0 Å². The van der Waals surface area contributed by atoms with E-state index >= 15 is 0 Å². The van der Waals surface area contributed by atoms with Crippen molar-refractivity contribution in [1.82, 2.24) is 4.72 Å². The Kier molecular flexibility index (Phi) is 2.94. The zero-order valence-corrected chi connectivity index (χ0v) is 9.23. The Morgan fingerprint density at radius 2 is 1.81 bits per heavy atom. The van der Waals surface area contributed by atoms with Crippen LogP contribution < -0.4 is 4.72 Å². The summed E-state index contributed by atoms with van der Waals surface area (Å²) >= 11 is 0. The van der Waals surface area contributed by atoms with Crippen LogP contribution in [0.25, 0.3) is 0 Å². The first-order chi connectivity index (χ1) is 7.50. The van der Waals surface area contributed by atoms with Crippen molar-refractivity contribution >= 4 is 10.0 Å². The third-order valence-corrected chi connectivity index (χ3v) is 3.92. The van der Waals surface area contributed by atoms with Gasteiger partial charge < -0.3 is 0 Å². The SMILES string of the molecule is O=S(=O)(NCC1CC1)c1c(F)cccc1F. The highest BCUT2D eigenvalue weighted by Gasteiger charge is 2.27. The molecule has 3 nitrogen and oxygen atoms in total. The van der Waals surface area contributed by atoms with Gasteiger partial charge in [0.15, 0.2) is 4.90 Å². The molecule has 6 heteroatoms. The first-order valence-corrected chi connectivity index (χ1v) is 6.43. The lowest BCUT2D eigenvalue weighted by molar-refractivity contribution is 0.513. The third-order valence-electron chi connectivity index (χ3n) is 2.45. The van der Waals surface area contributed by atoms with E-state index in [4.69, 9.17) is 0 Å². The number of hydrogen-bond donors (Lipinski definition) is 1. The van der Waals surface area contributed by atoms with E-state index in [0.29, 0.717) is 5.92 Å². The zero-order chi connectivity index (χ0) is 11.8. The van der Waals surface area contributed by atoms with Crippen molar-refractivity contribution < 1.29 is 17.2 Å². The minimum atomic E-state index is -4.08. The van der Waals surface area contributed by atoms with Crippen molar-refractivity contribution in [3.05, 3.63) is 29.8 Å². The monoisotopic (exact) mass is 247 g/mol. The molecule has 0 atom stereocenters. The Morgan fingerprint density at radius 1 is 1.25 bits per heavy atom. The van der Waals surface area contributed by atoms with Crippen molar-refractivity contribution in [1.29, 1.82) is 0 Å². The molecule has 0 amide bonds. The van der Waals surface area contributed by atoms with Gasteiger partial charge in [0.2, 0.25) is 10.0 Å². The Bertz CT molecular complexity index is 477. The summed E-state index contributed by atoms with van der Waals surface area (Å²) in [5.41, 5.74) is 0. The molecule has 0 bridgehead atoms. The van der Waals surface area contributed by atoms with Crippen LogP contribution in [0.2, 0.25) is 0 Å². The lowest BCUT2D eigenvalue weighted by Gasteiger charge is -2.07. The largest absolute Gasteiger partial charge is 0.246 e. The summed E-state index contributed by atoms with van der Waals surface area (Å²) in [4.78, 5) is -0.893. The molecular weight excluding hydrogens is 236 g/mol. The normalized spacial score (nSPS) is 16.4. The van der Waals surface area contributed by atoms with Gasteiger partial charge >= 0.3 is 0 Å². The molecule has 0 saturated heterocycles. The minimum Gasteiger partial charge on any atom is -0.211 e. The summed E-state index contributed by atoms with van der Waals surface area (Å²) in [7, 11) is -4.08. The molecule has 88 valence electrons. The first-order valence-electron chi connectivity index (χ1n) is 4.94. The molecule has 0 unspecified atom stereocenters. The quantitative estimate of drug-likeness (QED) is 0.879. The topological polar surface area (TPSA) is 46.2 Å². The standard InChI is InChI=1S/C10H11F2NO2S/c11-8-2-1-3-9(12)10(8)16(14,15)13-6-7-4-5-7/h1-3,7,13H,4-6H2. The maximum absolute atomic E-state index is 13.2. The third kappa shape index (κ3) is 2.38. The van der Waals surface area contributed by atoms with Gasteiger partial charge in [-0.15, -0.1) is 0 Å². The highest BCUT2D eigenvalue weighted by molar-refractivity contribution is 7.89. The van der Waals surface area contributed by atoms with E-state index in [9.17, 15) is 17.2 Å². The molecule has 1 aliphatic carbocycles. The number of sulfonamides is 1. The van der Waals surface area contributed by atoms with Gasteiger partial charge in [-0.25, -0.2) is 21.9 Å². The average molecular weight is 247 g/mol. The molecule has 16 heavy (non-hydrogen) atoms. The number of benzene rings is 1. The molecule has 1 N–H and O–H groups in total. The van der Waals surface area contributed by atoms with Crippen molar-refractivity contribution in [2.24, 2.45) is 5.92 Å². The summed E-state index contributed by atoms with van der Waals surface area (Å²) < 4.78 is 51.9. The van der Waals surface area contributed by atoms with Gasteiger partial charge in [-0.05, 0) is 30.9 Å². The lowest BCUT2D eigenvalue weighted by Crippen LogP contribution is -2.27. The van der Waals surface area contributed by atoms with Gasteiger partial charge in [0.1, 0.15) is 11.6 Å². The summed E-state index contributed by atoms with van der Waals surface area (Å²) in [6.45, 7) is 0.246. The summed E-state index contributed by atoms with van der Waals surface area (Å²) in [6, 6.07) is 2.98. The summed E-state index contributed by atoms with van der Waals surface area (Å²) in [6.07, 6.45) is 1.92. The molecule has 1 saturated carbocycles. The van der Waals surface area contributed by atoms with E-state index in [1.165, 1.54) is 0 Å². The van der Waals surface area contributed by atoms with E-state index in [1.807, 2.05) is 0 Å². The molecule has 1 aliphatic rings. The van der Waals surface area contributed by atoms with Gasteiger partial charge in [-0.1, -0.05) is 6.07 Å². The zero-order valence-electron chi connectivity index (χ0n) is 8.41. The first kappa shape index (κ1) is 11.5. The van der Waals surface area contributed by atoms with Crippen molar-refractivity contribution in [3.8, 4) is 0 Å². The number of nitrogens with one attached hydrogen (secondary N) is 1. The number of rotatable bonds is 4. The van der Waals surface area contributed by atoms with Crippen molar-refractivity contribution in [2.75, 3.05) is 6.54 Å². The average Bonchev–Trinajstić information content (AvgIpc) is 2.97. The Balaban J connectivity index is 2.26. The van der Waals surface area contributed by atoms with Gasteiger partial charge in [-0.3, -0.25) is 0 Å². The van der Waals surface area contributed by atoms with Gasteiger partial charge in [0.05, 0.1) is 0 Å². The van der Waals surface area contributed by atoms with Crippen LogP contribution in [0, 0.1) is 17.6 Å². The summed E-state index contributed by atoms with van der Waals surface area (Å²) in [5, 5.41) is 0. The molecule has 0 aromatic heterocycles. The van der Waals surface area contributed by atoms with Crippen LogP contribution >= 0.6 is 0 Å². The van der Waals surface area contributed by atoms with Crippen molar-refractivity contribution in [2.45, 2.75) is 17.7 Å². The highest BCUT2D eigenvalue weighted by atomic mass is 32.2. The maximum Gasteiger partial charge on any atom is 0.246 e. The van der Waals surface area contributed by atoms with Crippen LogP contribution in [0.5, 0.6) is 0 Å². The lowest BCUT2D eigenvalue weighted by atomic mass is 10.3. The maximum atomic E-state index is 13.2. The van der Waals surface area contributed by atoms with Crippen LogP contribution in [-0.2, 0) is 10.0 Å². The van der Waals surface area contributed by atoms with Crippen LogP contribution in [0.15, 0.2) is 23.1 Å². The van der Waals surface area contributed by atoms with Crippen LogP contribution in [0.3, 0.4) is 0 Å². The number of hydrogen-bond acceptors (Lipinski definition) is 2. The van der Waals surface area contributed by atoms with Crippen LogP contribution in [0.4, 0.5) is 8.78 Å². The van der Waals surface area contributed by atoms with Gasteiger partial charge in [-0.2, -0.15) is 0 Å². The van der Waals surface area contributed by atoms with E-state index in [2.05, 4.69) is 4.72 Å². The molecule has 0 heterocycles. The second-order valence-electron chi connectivity index (χ2n) is 3.85. The van der Waals surface area contributed by atoms with Gasteiger partial charge in [0.25, 0.3) is 0 Å². The van der Waals surface area contributed by atoms with Gasteiger partial charge in [0, 0.05) is 6.54 Å². The molecule has 1 aromatic rings. The second-order valence-corrected chi connectivity index (χ2v) is 5.55.